The molecule has 4 heteroatoms. The number of halogens is 1. The second-order valence-electron chi connectivity index (χ2n) is 3.41. The number of nitriles is 2. The monoisotopic (exact) mass is 277 g/mol. The first-order valence-electron chi connectivity index (χ1n) is 5.04. The van der Waals surface area contributed by atoms with Gasteiger partial charge in [0.05, 0.1) is 23.7 Å². The van der Waals surface area contributed by atoms with Gasteiger partial charge in [-0.25, -0.2) is 0 Å². The fourth-order valence-electron chi connectivity index (χ4n) is 1.36. The van der Waals surface area contributed by atoms with E-state index >= 15 is 0 Å². The van der Waals surface area contributed by atoms with Crippen LogP contribution in [-0.4, -0.2) is 6.04 Å². The van der Waals surface area contributed by atoms with Gasteiger partial charge in [0.2, 0.25) is 0 Å². The van der Waals surface area contributed by atoms with Crippen LogP contribution < -0.4 is 5.32 Å². The quantitative estimate of drug-likeness (QED) is 0.917. The highest BCUT2D eigenvalue weighted by Gasteiger charge is 2.08. The van der Waals surface area contributed by atoms with Gasteiger partial charge in [-0.05, 0) is 24.6 Å². The number of nitrogens with one attached hydrogen (secondary N) is 1. The van der Waals surface area contributed by atoms with Gasteiger partial charge in [-0.15, -0.1) is 0 Å². The van der Waals surface area contributed by atoms with Crippen molar-refractivity contribution in [2.45, 2.75) is 25.8 Å². The smallest absolute Gasteiger partial charge is 0.101 e. The normalized spacial score (nSPS) is 11.2. The molecule has 1 atom stereocenters. The van der Waals surface area contributed by atoms with Gasteiger partial charge in [-0.1, -0.05) is 22.9 Å². The van der Waals surface area contributed by atoms with Crippen LogP contribution in [-0.2, 0) is 0 Å². The Bertz CT molecular complexity index is 443. The van der Waals surface area contributed by atoms with Gasteiger partial charge < -0.3 is 5.32 Å². The number of hydrogen-bond acceptors (Lipinski definition) is 3. The maximum atomic E-state index is 8.95. The Morgan fingerprint density at radius 2 is 2.19 bits per heavy atom. The summed E-state index contributed by atoms with van der Waals surface area (Å²) >= 11 is 3.36. The molecule has 0 aliphatic rings. The zero-order valence-corrected chi connectivity index (χ0v) is 10.6. The molecule has 0 fully saturated rings. The fourth-order valence-corrected chi connectivity index (χ4v) is 1.72. The van der Waals surface area contributed by atoms with Gasteiger partial charge in [-0.3, -0.25) is 0 Å². The molecule has 0 heterocycles. The predicted octanol–water partition coefficient (Wildman–Crippen LogP) is 3.42. The number of rotatable bonds is 4. The van der Waals surface area contributed by atoms with Gasteiger partial charge >= 0.3 is 0 Å². The average Bonchev–Trinajstić information content (AvgIpc) is 2.29. The highest BCUT2D eigenvalue weighted by molar-refractivity contribution is 9.10. The first kappa shape index (κ1) is 12.5. The van der Waals surface area contributed by atoms with Gasteiger partial charge in [0.25, 0.3) is 0 Å². The third kappa shape index (κ3) is 3.25. The molecule has 82 valence electrons. The van der Waals surface area contributed by atoms with Crippen molar-refractivity contribution in [3.8, 4) is 12.1 Å². The molecule has 0 aliphatic carbocycles. The van der Waals surface area contributed by atoms with Crippen LogP contribution in [0.2, 0.25) is 0 Å². The highest BCUT2D eigenvalue weighted by Crippen LogP contribution is 2.22. The van der Waals surface area contributed by atoms with E-state index in [0.717, 1.165) is 16.6 Å². The third-order valence-electron chi connectivity index (χ3n) is 2.29. The van der Waals surface area contributed by atoms with Crippen LogP contribution in [0.3, 0.4) is 0 Å². The molecule has 0 radical (unpaired) electrons. The maximum Gasteiger partial charge on any atom is 0.101 e. The van der Waals surface area contributed by atoms with E-state index in [1.165, 1.54) is 0 Å². The average molecular weight is 278 g/mol. The molecule has 1 aromatic rings. The molecule has 16 heavy (non-hydrogen) atoms. The van der Waals surface area contributed by atoms with E-state index in [1.54, 1.807) is 6.07 Å². The van der Waals surface area contributed by atoms with Crippen molar-refractivity contribution in [3.05, 3.63) is 28.2 Å². The van der Waals surface area contributed by atoms with E-state index in [4.69, 9.17) is 10.5 Å². The Balaban J connectivity index is 2.91. The lowest BCUT2D eigenvalue weighted by Gasteiger charge is -2.16. The minimum absolute atomic E-state index is 0.0893. The summed E-state index contributed by atoms with van der Waals surface area (Å²) in [6.07, 6.45) is 1.29. The Morgan fingerprint density at radius 3 is 2.75 bits per heavy atom. The predicted molar refractivity (Wildman–Crippen MR) is 66.8 cm³/mol. The molecule has 3 nitrogen and oxygen atoms in total. The van der Waals surface area contributed by atoms with E-state index in [0.29, 0.717) is 12.0 Å². The van der Waals surface area contributed by atoms with Gasteiger partial charge in [0.1, 0.15) is 6.07 Å². The van der Waals surface area contributed by atoms with E-state index in [2.05, 4.69) is 33.4 Å². The molecule has 0 aromatic heterocycles. The Kier molecular flexibility index (Phi) is 4.82. The molecule has 0 bridgehead atoms. The Hall–Kier alpha value is -1.52. The lowest BCUT2D eigenvalue weighted by Crippen LogP contribution is -2.18. The lowest BCUT2D eigenvalue weighted by molar-refractivity contribution is 0.711. The summed E-state index contributed by atoms with van der Waals surface area (Å²) in [5, 5.41) is 20.8. The summed E-state index contributed by atoms with van der Waals surface area (Å²) in [5.74, 6) is 0. The van der Waals surface area contributed by atoms with Gasteiger partial charge in [-0.2, -0.15) is 10.5 Å². The number of anilines is 1. The van der Waals surface area contributed by atoms with Crippen molar-refractivity contribution in [3.63, 3.8) is 0 Å². The van der Waals surface area contributed by atoms with Crippen LogP contribution in [0.4, 0.5) is 5.69 Å². The number of nitrogens with zero attached hydrogens (tertiary/aromatic N) is 2. The first-order valence-corrected chi connectivity index (χ1v) is 5.83. The number of benzene rings is 1. The molecule has 1 rings (SSSR count). The van der Waals surface area contributed by atoms with Crippen LogP contribution >= 0.6 is 15.9 Å². The molecular weight excluding hydrogens is 266 g/mol. The summed E-state index contributed by atoms with van der Waals surface area (Å²) in [6.45, 7) is 2.01. The minimum Gasteiger partial charge on any atom is -0.380 e. The molecular formula is C12H12BrN3. The molecule has 1 N–H and O–H groups in total. The van der Waals surface area contributed by atoms with Crippen molar-refractivity contribution in [1.29, 1.82) is 10.5 Å². The Labute approximate surface area is 104 Å². The topological polar surface area (TPSA) is 59.6 Å². The van der Waals surface area contributed by atoms with Crippen molar-refractivity contribution in [1.82, 2.24) is 0 Å². The summed E-state index contributed by atoms with van der Waals surface area (Å²) in [5.41, 5.74) is 1.37. The first-order chi connectivity index (χ1) is 7.71. The molecule has 1 unspecified atom stereocenters. The molecule has 0 spiro atoms. The van der Waals surface area contributed by atoms with Gasteiger partial charge in [0, 0.05) is 10.5 Å². The SMILES string of the molecule is CCC(CC#N)Nc1cc(Br)ccc1C#N. The van der Waals surface area contributed by atoms with E-state index < -0.39 is 0 Å². The van der Waals surface area contributed by atoms with Crippen molar-refractivity contribution >= 4 is 21.6 Å². The van der Waals surface area contributed by atoms with Crippen molar-refractivity contribution in [2.24, 2.45) is 0 Å². The molecule has 0 saturated carbocycles. The van der Waals surface area contributed by atoms with Crippen LogP contribution in [0.25, 0.3) is 0 Å². The molecule has 0 amide bonds. The fraction of sp³-hybridized carbons (Fsp3) is 0.333. The highest BCUT2D eigenvalue weighted by atomic mass is 79.9. The summed E-state index contributed by atoms with van der Waals surface area (Å²) in [6, 6.07) is 9.79. The van der Waals surface area contributed by atoms with Crippen LogP contribution in [0.15, 0.2) is 22.7 Å². The van der Waals surface area contributed by atoms with E-state index in [-0.39, 0.29) is 6.04 Å². The zero-order chi connectivity index (χ0) is 12.0. The second kappa shape index (κ2) is 6.15. The van der Waals surface area contributed by atoms with Gasteiger partial charge in [0.15, 0.2) is 0 Å². The third-order valence-corrected chi connectivity index (χ3v) is 2.79. The van der Waals surface area contributed by atoms with Crippen LogP contribution in [0.5, 0.6) is 0 Å². The zero-order valence-electron chi connectivity index (χ0n) is 9.00. The summed E-state index contributed by atoms with van der Waals surface area (Å²) < 4.78 is 0.917. The van der Waals surface area contributed by atoms with Crippen LogP contribution in [0, 0.1) is 22.7 Å². The molecule has 0 aliphatic heterocycles. The van der Waals surface area contributed by atoms with E-state index in [9.17, 15) is 0 Å². The van der Waals surface area contributed by atoms with Crippen molar-refractivity contribution < 1.29 is 0 Å². The molecule has 1 aromatic carbocycles. The Morgan fingerprint density at radius 1 is 1.44 bits per heavy atom. The standard InChI is InChI=1S/C12H12BrN3/c1-2-11(5-6-14)16-12-7-10(13)4-3-9(12)8-15/h3-4,7,11,16H,2,5H2,1H3. The summed E-state index contributed by atoms with van der Waals surface area (Å²) in [4.78, 5) is 0. The lowest BCUT2D eigenvalue weighted by atomic mass is 10.1. The van der Waals surface area contributed by atoms with E-state index in [1.807, 2.05) is 19.1 Å². The summed E-state index contributed by atoms with van der Waals surface area (Å²) in [7, 11) is 0. The number of hydrogen-bond donors (Lipinski definition) is 1. The molecule has 0 saturated heterocycles. The van der Waals surface area contributed by atoms with Crippen LogP contribution in [0.1, 0.15) is 25.3 Å². The largest absolute Gasteiger partial charge is 0.380 e. The maximum absolute atomic E-state index is 8.95. The second-order valence-corrected chi connectivity index (χ2v) is 4.33. The van der Waals surface area contributed by atoms with Crippen molar-refractivity contribution in [2.75, 3.05) is 5.32 Å². The minimum atomic E-state index is 0.0893.